The van der Waals surface area contributed by atoms with Gasteiger partial charge in [-0.05, 0) is 32.1 Å². The molecule has 2 rings (SSSR count). The van der Waals surface area contributed by atoms with E-state index in [-0.39, 0.29) is 17.8 Å². The predicted octanol–water partition coefficient (Wildman–Crippen LogP) is 0.506. The molecule has 2 fully saturated rings. The van der Waals surface area contributed by atoms with E-state index >= 15 is 0 Å². The average Bonchev–Trinajstić information content (AvgIpc) is 3.38. The molecule has 0 aromatic rings. The third kappa shape index (κ3) is 5.73. The van der Waals surface area contributed by atoms with Gasteiger partial charge in [-0.2, -0.15) is 0 Å². The number of nitrogens with one attached hydrogen (secondary N) is 2. The highest BCUT2D eigenvalue weighted by molar-refractivity contribution is 5.80. The van der Waals surface area contributed by atoms with Crippen molar-refractivity contribution in [1.82, 2.24) is 15.5 Å². The molecule has 0 unspecified atom stereocenters. The average molecular weight is 324 g/mol. The number of nitrogens with zero attached hydrogens (tertiary/aromatic N) is 2. The second-order valence-electron chi connectivity index (χ2n) is 6.20. The zero-order valence-electron chi connectivity index (χ0n) is 14.1. The summed E-state index contributed by atoms with van der Waals surface area (Å²) in [5.41, 5.74) is 0. The van der Waals surface area contributed by atoms with Gasteiger partial charge in [0.25, 0.3) is 0 Å². The maximum atomic E-state index is 11.6. The fourth-order valence-corrected chi connectivity index (χ4v) is 2.80. The Bertz CT molecular complexity index is 441. The van der Waals surface area contributed by atoms with Crippen LogP contribution in [-0.2, 0) is 14.3 Å². The molecule has 0 bridgehead atoms. The van der Waals surface area contributed by atoms with Gasteiger partial charge in [0, 0.05) is 39.1 Å². The van der Waals surface area contributed by atoms with Crippen molar-refractivity contribution in [3.8, 4) is 0 Å². The summed E-state index contributed by atoms with van der Waals surface area (Å²) in [5, 5.41) is 6.29. The number of carbonyl (C=O) groups is 2. The molecule has 1 saturated carbocycles. The summed E-state index contributed by atoms with van der Waals surface area (Å²) in [4.78, 5) is 29.6. The molecule has 23 heavy (non-hydrogen) atoms. The van der Waals surface area contributed by atoms with E-state index in [1.54, 1.807) is 7.05 Å². The number of likely N-dealkylation sites (tertiary alicyclic amines) is 1. The monoisotopic (exact) mass is 324 g/mol. The van der Waals surface area contributed by atoms with E-state index in [0.29, 0.717) is 12.5 Å². The van der Waals surface area contributed by atoms with Gasteiger partial charge in [-0.3, -0.25) is 14.6 Å². The maximum absolute atomic E-state index is 11.6. The highest BCUT2D eigenvalue weighted by atomic mass is 16.5. The molecule has 7 heteroatoms. The van der Waals surface area contributed by atoms with Crippen LogP contribution in [0, 0.1) is 5.92 Å². The van der Waals surface area contributed by atoms with Crippen molar-refractivity contribution < 1.29 is 14.3 Å². The van der Waals surface area contributed by atoms with E-state index in [1.165, 1.54) is 7.11 Å². The number of ether oxygens (including phenoxy) is 1. The molecule has 0 aromatic heterocycles. The van der Waals surface area contributed by atoms with Gasteiger partial charge in [0.2, 0.25) is 5.91 Å². The van der Waals surface area contributed by atoms with E-state index in [1.807, 2.05) is 0 Å². The minimum Gasteiger partial charge on any atom is -0.469 e. The number of aliphatic imine (C=N–C) groups is 1. The Labute approximate surface area is 137 Å². The topological polar surface area (TPSA) is 83.0 Å². The Morgan fingerprint density at radius 2 is 1.91 bits per heavy atom. The summed E-state index contributed by atoms with van der Waals surface area (Å²) >= 11 is 0. The van der Waals surface area contributed by atoms with Gasteiger partial charge in [0.15, 0.2) is 5.96 Å². The van der Waals surface area contributed by atoms with Crippen LogP contribution in [0.15, 0.2) is 4.99 Å². The molecular weight excluding hydrogens is 296 g/mol. The number of methoxy groups -OCH3 is 1. The number of rotatable bonds is 6. The van der Waals surface area contributed by atoms with Gasteiger partial charge < -0.3 is 20.3 Å². The molecule has 2 aliphatic rings. The molecule has 2 N–H and O–H groups in total. The molecular formula is C16H28N4O3. The number of carbonyl (C=O) groups excluding carboxylic acids is 2. The van der Waals surface area contributed by atoms with Gasteiger partial charge in [-0.1, -0.05) is 0 Å². The fourth-order valence-electron chi connectivity index (χ4n) is 2.80. The van der Waals surface area contributed by atoms with Crippen molar-refractivity contribution in [2.75, 3.05) is 33.8 Å². The van der Waals surface area contributed by atoms with Crippen molar-refractivity contribution in [2.24, 2.45) is 10.9 Å². The van der Waals surface area contributed by atoms with E-state index in [0.717, 1.165) is 57.7 Å². The van der Waals surface area contributed by atoms with E-state index in [2.05, 4.69) is 20.5 Å². The standard InChI is InChI=1S/C16H28N4O3/c1-17-16(18-9-3-4-14(21)19-13-5-6-13)20-10-7-12(8-11-20)15(22)23-2/h12-13H,3-11H2,1-2H3,(H,17,18)(H,19,21). The minimum atomic E-state index is -0.116. The van der Waals surface area contributed by atoms with Crippen LogP contribution < -0.4 is 10.6 Å². The number of amides is 1. The largest absolute Gasteiger partial charge is 0.469 e. The van der Waals surface area contributed by atoms with E-state index in [9.17, 15) is 9.59 Å². The molecule has 1 heterocycles. The normalized spacial score (nSPS) is 19.4. The molecule has 0 spiro atoms. The zero-order chi connectivity index (χ0) is 16.7. The van der Waals surface area contributed by atoms with Crippen LogP contribution in [0.1, 0.15) is 38.5 Å². The molecule has 1 amide bonds. The highest BCUT2D eigenvalue weighted by Crippen LogP contribution is 2.19. The number of guanidine groups is 1. The van der Waals surface area contributed by atoms with Gasteiger partial charge in [0.1, 0.15) is 0 Å². The predicted molar refractivity (Wildman–Crippen MR) is 88.1 cm³/mol. The van der Waals surface area contributed by atoms with Crippen LogP contribution in [0.4, 0.5) is 0 Å². The lowest BCUT2D eigenvalue weighted by Gasteiger charge is -2.33. The summed E-state index contributed by atoms with van der Waals surface area (Å²) in [6, 6.07) is 0.430. The molecule has 0 radical (unpaired) electrons. The lowest BCUT2D eigenvalue weighted by Crippen LogP contribution is -2.47. The smallest absolute Gasteiger partial charge is 0.308 e. The molecule has 130 valence electrons. The molecule has 1 saturated heterocycles. The maximum Gasteiger partial charge on any atom is 0.308 e. The van der Waals surface area contributed by atoms with Crippen molar-refractivity contribution in [1.29, 1.82) is 0 Å². The summed E-state index contributed by atoms with van der Waals surface area (Å²) < 4.78 is 4.80. The van der Waals surface area contributed by atoms with Crippen LogP contribution in [0.3, 0.4) is 0 Å². The van der Waals surface area contributed by atoms with Gasteiger partial charge >= 0.3 is 5.97 Å². The quantitative estimate of drug-likeness (QED) is 0.322. The van der Waals surface area contributed by atoms with Gasteiger partial charge in [-0.25, -0.2) is 0 Å². The Kier molecular flexibility index (Phi) is 6.67. The minimum absolute atomic E-state index is 0.000441. The second-order valence-corrected chi connectivity index (χ2v) is 6.20. The second kappa shape index (κ2) is 8.74. The first-order valence-electron chi connectivity index (χ1n) is 8.46. The van der Waals surface area contributed by atoms with E-state index in [4.69, 9.17) is 4.74 Å². The number of hydrogen-bond acceptors (Lipinski definition) is 4. The van der Waals surface area contributed by atoms with Crippen molar-refractivity contribution in [3.05, 3.63) is 0 Å². The Hall–Kier alpha value is -1.79. The molecule has 0 atom stereocenters. The van der Waals surface area contributed by atoms with Gasteiger partial charge in [-0.15, -0.1) is 0 Å². The first-order chi connectivity index (χ1) is 11.1. The van der Waals surface area contributed by atoms with Crippen molar-refractivity contribution >= 4 is 17.8 Å². The van der Waals surface area contributed by atoms with Crippen LogP contribution in [0.5, 0.6) is 0 Å². The van der Waals surface area contributed by atoms with Crippen LogP contribution >= 0.6 is 0 Å². The molecule has 1 aliphatic carbocycles. The Morgan fingerprint density at radius 3 is 2.48 bits per heavy atom. The lowest BCUT2D eigenvalue weighted by atomic mass is 9.97. The van der Waals surface area contributed by atoms with Crippen molar-refractivity contribution in [3.63, 3.8) is 0 Å². The van der Waals surface area contributed by atoms with Crippen molar-refractivity contribution in [2.45, 2.75) is 44.6 Å². The summed E-state index contributed by atoms with van der Waals surface area (Å²) in [7, 11) is 3.20. The van der Waals surface area contributed by atoms with E-state index < -0.39 is 0 Å². The van der Waals surface area contributed by atoms with Crippen LogP contribution in [-0.4, -0.2) is 62.6 Å². The zero-order valence-corrected chi connectivity index (χ0v) is 14.1. The summed E-state index contributed by atoms with van der Waals surface area (Å²) in [5.74, 6) is 0.869. The summed E-state index contributed by atoms with van der Waals surface area (Å²) in [6.07, 6.45) is 5.16. The SMILES string of the molecule is CN=C(NCCCC(=O)NC1CC1)N1CCC(C(=O)OC)CC1. The lowest BCUT2D eigenvalue weighted by molar-refractivity contribution is -0.146. The number of hydrogen-bond donors (Lipinski definition) is 2. The third-order valence-corrected chi connectivity index (χ3v) is 4.35. The first kappa shape index (κ1) is 17.6. The Morgan fingerprint density at radius 1 is 1.22 bits per heavy atom. The Balaban J connectivity index is 1.63. The highest BCUT2D eigenvalue weighted by Gasteiger charge is 2.27. The molecule has 0 aromatic carbocycles. The number of piperidine rings is 1. The number of esters is 1. The first-order valence-corrected chi connectivity index (χ1v) is 8.46. The third-order valence-electron chi connectivity index (χ3n) is 4.35. The van der Waals surface area contributed by atoms with Crippen LogP contribution in [0.2, 0.25) is 0 Å². The molecule has 7 nitrogen and oxygen atoms in total. The molecule has 1 aliphatic heterocycles. The summed E-state index contributed by atoms with van der Waals surface area (Å²) in [6.45, 7) is 2.31. The van der Waals surface area contributed by atoms with Crippen LogP contribution in [0.25, 0.3) is 0 Å². The fraction of sp³-hybridized carbons (Fsp3) is 0.812. The van der Waals surface area contributed by atoms with Gasteiger partial charge in [0.05, 0.1) is 13.0 Å².